The SMILES string of the molecule is O=C(c1ccccc1S(=O)(=O)C(F)F)N1CCN(c2ccc(Nc3cccnc3)nn2)CC1. The maximum Gasteiger partial charge on any atom is 0.341 e. The molecule has 12 heteroatoms. The Morgan fingerprint density at radius 2 is 1.73 bits per heavy atom. The summed E-state index contributed by atoms with van der Waals surface area (Å²) in [5.74, 6) is -3.02. The van der Waals surface area contributed by atoms with Gasteiger partial charge in [0.1, 0.15) is 0 Å². The van der Waals surface area contributed by atoms with Crippen molar-refractivity contribution in [1.82, 2.24) is 20.1 Å². The van der Waals surface area contributed by atoms with Gasteiger partial charge in [-0.2, -0.15) is 8.78 Å². The standard InChI is InChI=1S/C21H20F2N6O3S/c22-21(23)33(31,32)17-6-2-1-5-16(17)20(30)29-12-10-28(11-13-29)19-8-7-18(26-27-19)25-15-4-3-9-24-14-15/h1-9,14,21H,10-13H2,(H,25,26). The summed E-state index contributed by atoms with van der Waals surface area (Å²) >= 11 is 0. The van der Waals surface area contributed by atoms with Gasteiger partial charge < -0.3 is 15.1 Å². The molecule has 172 valence electrons. The van der Waals surface area contributed by atoms with Crippen LogP contribution < -0.4 is 10.2 Å². The smallest absolute Gasteiger partial charge is 0.341 e. The van der Waals surface area contributed by atoms with E-state index in [1.165, 1.54) is 23.1 Å². The Morgan fingerprint density at radius 1 is 0.970 bits per heavy atom. The maximum atomic E-state index is 13.0. The van der Waals surface area contributed by atoms with E-state index in [2.05, 4.69) is 20.5 Å². The first-order chi connectivity index (χ1) is 15.9. The summed E-state index contributed by atoms with van der Waals surface area (Å²) in [4.78, 5) is 19.7. The molecule has 0 aliphatic carbocycles. The molecule has 3 heterocycles. The lowest BCUT2D eigenvalue weighted by Gasteiger charge is -2.35. The van der Waals surface area contributed by atoms with Gasteiger partial charge in [-0.05, 0) is 36.4 Å². The van der Waals surface area contributed by atoms with Crippen LogP contribution >= 0.6 is 0 Å². The number of rotatable bonds is 6. The second-order valence-electron chi connectivity index (χ2n) is 7.22. The summed E-state index contributed by atoms with van der Waals surface area (Å²) in [6, 6.07) is 12.3. The molecule has 1 aliphatic rings. The van der Waals surface area contributed by atoms with Crippen molar-refractivity contribution in [3.8, 4) is 0 Å². The molecular formula is C21H20F2N6O3S. The first-order valence-corrected chi connectivity index (χ1v) is 11.6. The molecule has 0 unspecified atom stereocenters. The number of amides is 1. The highest BCUT2D eigenvalue weighted by molar-refractivity contribution is 7.91. The molecule has 1 fully saturated rings. The minimum absolute atomic E-state index is 0.253. The van der Waals surface area contributed by atoms with Crippen LogP contribution in [0.15, 0.2) is 65.8 Å². The van der Waals surface area contributed by atoms with Crippen molar-refractivity contribution in [2.75, 3.05) is 36.4 Å². The molecule has 1 aromatic carbocycles. The fraction of sp³-hybridized carbons (Fsp3) is 0.238. The number of benzene rings is 1. The summed E-state index contributed by atoms with van der Waals surface area (Å²) in [6.07, 6.45) is 3.33. The lowest BCUT2D eigenvalue weighted by Crippen LogP contribution is -2.49. The Bertz CT molecular complexity index is 1220. The molecule has 0 radical (unpaired) electrons. The van der Waals surface area contributed by atoms with Crippen LogP contribution in [0.4, 0.5) is 26.1 Å². The van der Waals surface area contributed by atoms with Crippen molar-refractivity contribution in [3.63, 3.8) is 0 Å². The quantitative estimate of drug-likeness (QED) is 0.581. The van der Waals surface area contributed by atoms with E-state index in [4.69, 9.17) is 0 Å². The molecule has 1 amide bonds. The number of hydrogen-bond donors (Lipinski definition) is 1. The zero-order valence-electron chi connectivity index (χ0n) is 17.3. The van der Waals surface area contributed by atoms with Gasteiger partial charge in [0, 0.05) is 32.4 Å². The van der Waals surface area contributed by atoms with Gasteiger partial charge in [0.2, 0.25) is 9.84 Å². The molecule has 1 N–H and O–H groups in total. The fourth-order valence-electron chi connectivity index (χ4n) is 3.44. The Kier molecular flexibility index (Phi) is 6.45. The van der Waals surface area contributed by atoms with Crippen LogP contribution in [-0.2, 0) is 9.84 Å². The van der Waals surface area contributed by atoms with E-state index in [0.29, 0.717) is 24.7 Å². The molecule has 4 rings (SSSR count). The number of nitrogens with one attached hydrogen (secondary N) is 1. The molecule has 9 nitrogen and oxygen atoms in total. The Hall–Kier alpha value is -3.67. The zero-order chi connectivity index (χ0) is 23.4. The Morgan fingerprint density at radius 3 is 2.36 bits per heavy atom. The van der Waals surface area contributed by atoms with Crippen LogP contribution in [0.5, 0.6) is 0 Å². The van der Waals surface area contributed by atoms with Gasteiger partial charge >= 0.3 is 5.76 Å². The largest absolute Gasteiger partial charge is 0.352 e. The second kappa shape index (κ2) is 9.45. The minimum atomic E-state index is -4.89. The van der Waals surface area contributed by atoms with E-state index in [9.17, 15) is 22.0 Å². The molecule has 1 saturated heterocycles. The highest BCUT2D eigenvalue weighted by Crippen LogP contribution is 2.24. The van der Waals surface area contributed by atoms with Gasteiger partial charge in [0.25, 0.3) is 5.91 Å². The van der Waals surface area contributed by atoms with Crippen LogP contribution in [0.1, 0.15) is 10.4 Å². The van der Waals surface area contributed by atoms with Crippen LogP contribution in [0.3, 0.4) is 0 Å². The first kappa shape index (κ1) is 22.5. The van der Waals surface area contributed by atoms with Crippen molar-refractivity contribution in [2.45, 2.75) is 10.7 Å². The van der Waals surface area contributed by atoms with E-state index in [0.717, 1.165) is 11.8 Å². The van der Waals surface area contributed by atoms with Crippen molar-refractivity contribution >= 4 is 33.1 Å². The summed E-state index contributed by atoms with van der Waals surface area (Å²) in [5.41, 5.74) is 0.526. The fourth-order valence-corrected chi connectivity index (χ4v) is 4.36. The van der Waals surface area contributed by atoms with E-state index in [-0.39, 0.29) is 18.7 Å². The number of piperazine rings is 1. The van der Waals surface area contributed by atoms with Crippen LogP contribution in [-0.4, -0.2) is 66.3 Å². The van der Waals surface area contributed by atoms with Gasteiger partial charge in [-0.3, -0.25) is 9.78 Å². The summed E-state index contributed by atoms with van der Waals surface area (Å²) in [6.45, 7) is 1.41. The maximum absolute atomic E-state index is 13.0. The number of carbonyl (C=O) groups is 1. The highest BCUT2D eigenvalue weighted by Gasteiger charge is 2.33. The normalized spacial score (nSPS) is 14.4. The second-order valence-corrected chi connectivity index (χ2v) is 9.11. The predicted molar refractivity (Wildman–Crippen MR) is 117 cm³/mol. The van der Waals surface area contributed by atoms with Gasteiger partial charge in [-0.15, -0.1) is 10.2 Å². The zero-order valence-corrected chi connectivity index (χ0v) is 18.1. The third-order valence-corrected chi connectivity index (χ3v) is 6.57. The first-order valence-electron chi connectivity index (χ1n) is 10.0. The molecule has 0 bridgehead atoms. The summed E-state index contributed by atoms with van der Waals surface area (Å²) in [5, 5.41) is 11.5. The molecule has 0 saturated carbocycles. The molecule has 1 aliphatic heterocycles. The number of hydrogen-bond acceptors (Lipinski definition) is 8. The van der Waals surface area contributed by atoms with Crippen LogP contribution in [0, 0.1) is 0 Å². The molecule has 3 aromatic rings. The van der Waals surface area contributed by atoms with E-state index in [1.54, 1.807) is 30.6 Å². The van der Waals surface area contributed by atoms with E-state index < -0.39 is 26.4 Å². The van der Waals surface area contributed by atoms with Gasteiger partial charge in [0.15, 0.2) is 11.6 Å². The highest BCUT2D eigenvalue weighted by atomic mass is 32.2. The predicted octanol–water partition coefficient (Wildman–Crippen LogP) is 2.57. The van der Waals surface area contributed by atoms with Gasteiger partial charge in [0.05, 0.1) is 22.3 Å². The molecule has 33 heavy (non-hydrogen) atoms. The number of aromatic nitrogens is 3. The summed E-state index contributed by atoms with van der Waals surface area (Å²) in [7, 11) is -4.89. The Labute approximate surface area is 189 Å². The van der Waals surface area contributed by atoms with Crippen LogP contribution in [0.2, 0.25) is 0 Å². The lowest BCUT2D eigenvalue weighted by molar-refractivity contribution is 0.0742. The molecule has 0 spiro atoms. The van der Waals surface area contributed by atoms with Crippen LogP contribution in [0.25, 0.3) is 0 Å². The number of sulfone groups is 1. The topological polar surface area (TPSA) is 108 Å². The van der Waals surface area contributed by atoms with Crippen molar-refractivity contribution in [2.24, 2.45) is 0 Å². The number of halogens is 2. The number of pyridine rings is 1. The average Bonchev–Trinajstić information content (AvgIpc) is 2.85. The van der Waals surface area contributed by atoms with Gasteiger partial charge in [-0.1, -0.05) is 12.1 Å². The third-order valence-electron chi connectivity index (χ3n) is 5.13. The average molecular weight is 474 g/mol. The summed E-state index contributed by atoms with van der Waals surface area (Å²) < 4.78 is 50.0. The van der Waals surface area contributed by atoms with E-state index in [1.807, 2.05) is 11.0 Å². The molecule has 0 atom stereocenters. The monoisotopic (exact) mass is 474 g/mol. The molecule has 2 aromatic heterocycles. The third kappa shape index (κ3) is 4.90. The number of nitrogens with zero attached hydrogens (tertiary/aromatic N) is 5. The Balaban J connectivity index is 1.41. The van der Waals surface area contributed by atoms with Crippen molar-refractivity contribution < 1.29 is 22.0 Å². The minimum Gasteiger partial charge on any atom is -0.352 e. The number of alkyl halides is 2. The van der Waals surface area contributed by atoms with E-state index >= 15 is 0 Å². The van der Waals surface area contributed by atoms with Crippen molar-refractivity contribution in [1.29, 1.82) is 0 Å². The number of carbonyl (C=O) groups excluding carboxylic acids is 1. The number of anilines is 3. The lowest BCUT2D eigenvalue weighted by atomic mass is 10.2. The van der Waals surface area contributed by atoms with Gasteiger partial charge in [-0.25, -0.2) is 8.42 Å². The van der Waals surface area contributed by atoms with Crippen molar-refractivity contribution in [3.05, 3.63) is 66.5 Å². The molecular weight excluding hydrogens is 454 g/mol.